The molecule has 0 spiro atoms. The van der Waals surface area contributed by atoms with Crippen LogP contribution in [-0.2, 0) is 14.3 Å². The first-order valence-electron chi connectivity index (χ1n) is 8.58. The largest absolute Gasteiger partial charge is 0.463 e. The van der Waals surface area contributed by atoms with E-state index in [9.17, 15) is 14.4 Å². The predicted octanol–water partition coefficient (Wildman–Crippen LogP) is 3.18. The van der Waals surface area contributed by atoms with Gasteiger partial charge in [0.05, 0.1) is 22.7 Å². The third-order valence-corrected chi connectivity index (χ3v) is 5.31. The average Bonchev–Trinajstić information content (AvgIpc) is 2.96. The van der Waals surface area contributed by atoms with E-state index in [1.54, 1.807) is 19.1 Å². The molecule has 1 fully saturated rings. The standard InChI is InChI=1S/C19H17BrN4O4S/c1-3-7-24-18(27)15(10-17(26)28-4-2)29-19(24)23-22-14-9-16(25)21-13-6-5-11(20)8-12(13)14/h3,5-6,8-10H,1,4,7H2,2H3,(H2,21,22,25)/b15-10-,23-19-. The summed E-state index contributed by atoms with van der Waals surface area (Å²) < 4.78 is 5.71. The molecule has 2 aromatic rings. The summed E-state index contributed by atoms with van der Waals surface area (Å²) >= 11 is 4.44. The Bertz CT molecular complexity index is 1110. The first kappa shape index (κ1) is 20.9. The van der Waals surface area contributed by atoms with Crippen LogP contribution in [0.2, 0.25) is 0 Å². The summed E-state index contributed by atoms with van der Waals surface area (Å²) in [5.74, 6) is -0.969. The van der Waals surface area contributed by atoms with Crippen LogP contribution < -0.4 is 11.0 Å². The van der Waals surface area contributed by atoms with Crippen LogP contribution in [0.5, 0.6) is 0 Å². The van der Waals surface area contributed by atoms with Crippen molar-refractivity contribution in [2.45, 2.75) is 6.92 Å². The van der Waals surface area contributed by atoms with Crippen molar-refractivity contribution in [3.8, 4) is 0 Å². The van der Waals surface area contributed by atoms with E-state index in [1.807, 2.05) is 12.1 Å². The second kappa shape index (κ2) is 9.10. The maximum Gasteiger partial charge on any atom is 0.332 e. The summed E-state index contributed by atoms with van der Waals surface area (Å²) in [6, 6.07) is 6.82. The summed E-state index contributed by atoms with van der Waals surface area (Å²) in [5.41, 5.74) is 3.69. The van der Waals surface area contributed by atoms with Crippen molar-refractivity contribution < 1.29 is 14.3 Å². The lowest BCUT2D eigenvalue weighted by atomic mass is 10.2. The molecule has 0 unspecified atom stereocenters. The molecule has 0 saturated carbocycles. The molecule has 0 radical (unpaired) electrons. The maximum absolute atomic E-state index is 12.6. The fourth-order valence-corrected chi connectivity index (χ4v) is 3.87. The molecule has 1 aromatic carbocycles. The quantitative estimate of drug-likeness (QED) is 0.287. The molecule has 2 heterocycles. The minimum atomic E-state index is -0.596. The second-order valence-electron chi connectivity index (χ2n) is 5.81. The minimum Gasteiger partial charge on any atom is -0.463 e. The number of amides is 1. The number of carbonyl (C=O) groups excluding carboxylic acids is 2. The van der Waals surface area contributed by atoms with Crippen LogP contribution >= 0.6 is 27.7 Å². The average molecular weight is 477 g/mol. The summed E-state index contributed by atoms with van der Waals surface area (Å²) in [6.45, 7) is 5.76. The molecule has 1 saturated heterocycles. The van der Waals surface area contributed by atoms with Crippen LogP contribution in [-0.4, -0.2) is 40.1 Å². The Labute approximate surface area is 178 Å². The van der Waals surface area contributed by atoms with E-state index in [-0.39, 0.29) is 29.5 Å². The van der Waals surface area contributed by atoms with E-state index in [1.165, 1.54) is 11.0 Å². The first-order valence-corrected chi connectivity index (χ1v) is 10.2. The Balaban J connectivity index is 1.95. The van der Waals surface area contributed by atoms with E-state index < -0.39 is 5.97 Å². The number of thioether (sulfide) groups is 1. The SMILES string of the molecule is C=CCN1C(=O)/C(=C/C(=O)OCC)S/C1=N\Nc1cc(=O)[nH]c2ccc(Br)cc12. The van der Waals surface area contributed by atoms with E-state index >= 15 is 0 Å². The number of anilines is 1. The van der Waals surface area contributed by atoms with Gasteiger partial charge in [-0.15, -0.1) is 11.7 Å². The number of nitrogens with zero attached hydrogens (tertiary/aromatic N) is 2. The van der Waals surface area contributed by atoms with Gasteiger partial charge in [0.1, 0.15) is 0 Å². The molecule has 3 rings (SSSR count). The molecular formula is C19H17BrN4O4S. The number of amidine groups is 1. The van der Waals surface area contributed by atoms with Crippen molar-refractivity contribution >= 4 is 61.3 Å². The Morgan fingerprint density at radius 1 is 1.41 bits per heavy atom. The second-order valence-corrected chi connectivity index (χ2v) is 7.74. The van der Waals surface area contributed by atoms with E-state index in [2.05, 4.69) is 38.0 Å². The van der Waals surface area contributed by atoms with Crippen LogP contribution in [0.4, 0.5) is 5.69 Å². The lowest BCUT2D eigenvalue weighted by molar-refractivity contribution is -0.137. The van der Waals surface area contributed by atoms with Crippen molar-refractivity contribution in [1.29, 1.82) is 0 Å². The van der Waals surface area contributed by atoms with Crippen LogP contribution in [0.25, 0.3) is 10.9 Å². The number of nitrogens with one attached hydrogen (secondary N) is 2. The lowest BCUT2D eigenvalue weighted by Gasteiger charge is -2.13. The Morgan fingerprint density at radius 3 is 2.93 bits per heavy atom. The zero-order valence-corrected chi connectivity index (χ0v) is 17.8. The van der Waals surface area contributed by atoms with Gasteiger partial charge in [-0.1, -0.05) is 22.0 Å². The minimum absolute atomic E-state index is 0.198. The van der Waals surface area contributed by atoms with Gasteiger partial charge in [0, 0.05) is 28.5 Å². The fraction of sp³-hybridized carbons (Fsp3) is 0.158. The molecule has 150 valence electrons. The highest BCUT2D eigenvalue weighted by molar-refractivity contribution is 9.10. The molecule has 0 atom stereocenters. The van der Waals surface area contributed by atoms with Crippen LogP contribution in [0.3, 0.4) is 0 Å². The van der Waals surface area contributed by atoms with Crippen molar-refractivity contribution in [2.24, 2.45) is 5.10 Å². The molecule has 1 amide bonds. The fourth-order valence-electron chi connectivity index (χ4n) is 2.60. The van der Waals surface area contributed by atoms with Gasteiger partial charge in [-0.25, -0.2) is 4.79 Å². The van der Waals surface area contributed by atoms with E-state index in [0.29, 0.717) is 16.4 Å². The maximum atomic E-state index is 12.6. The predicted molar refractivity (Wildman–Crippen MR) is 118 cm³/mol. The number of fused-ring (bicyclic) bond motifs is 1. The molecule has 0 bridgehead atoms. The number of hydrogen-bond donors (Lipinski definition) is 2. The number of hydrogen-bond acceptors (Lipinski definition) is 7. The molecule has 29 heavy (non-hydrogen) atoms. The van der Waals surface area contributed by atoms with Gasteiger partial charge in [0.2, 0.25) is 0 Å². The number of rotatable bonds is 6. The summed E-state index contributed by atoms with van der Waals surface area (Å²) in [7, 11) is 0. The Kier molecular flexibility index (Phi) is 6.55. The normalized spacial score (nSPS) is 16.6. The van der Waals surface area contributed by atoms with E-state index in [4.69, 9.17) is 4.74 Å². The molecule has 10 heteroatoms. The Morgan fingerprint density at radius 2 is 2.21 bits per heavy atom. The van der Waals surface area contributed by atoms with Gasteiger partial charge in [0.15, 0.2) is 5.17 Å². The number of carbonyl (C=O) groups is 2. The monoisotopic (exact) mass is 476 g/mol. The molecule has 0 aliphatic carbocycles. The van der Waals surface area contributed by atoms with Gasteiger partial charge >= 0.3 is 5.97 Å². The number of H-pyrrole nitrogens is 1. The Hall–Kier alpha value is -2.85. The molecule has 1 aliphatic rings. The molecular weight excluding hydrogens is 460 g/mol. The number of halogens is 1. The van der Waals surface area contributed by atoms with Crippen molar-refractivity contribution in [3.63, 3.8) is 0 Å². The smallest absolute Gasteiger partial charge is 0.332 e. The topological polar surface area (TPSA) is 104 Å². The van der Waals surface area contributed by atoms with Crippen molar-refractivity contribution in [3.05, 3.63) is 62.7 Å². The highest BCUT2D eigenvalue weighted by atomic mass is 79.9. The lowest BCUT2D eigenvalue weighted by Crippen LogP contribution is -2.29. The number of aromatic nitrogens is 1. The summed E-state index contributed by atoms with van der Waals surface area (Å²) in [4.78, 5) is 40.6. The van der Waals surface area contributed by atoms with Gasteiger partial charge < -0.3 is 9.72 Å². The van der Waals surface area contributed by atoms with Crippen LogP contribution in [0.1, 0.15) is 6.92 Å². The highest BCUT2D eigenvalue weighted by Crippen LogP contribution is 2.31. The third-order valence-electron chi connectivity index (χ3n) is 3.81. The highest BCUT2D eigenvalue weighted by Gasteiger charge is 2.33. The van der Waals surface area contributed by atoms with Crippen LogP contribution in [0.15, 0.2) is 62.3 Å². The van der Waals surface area contributed by atoms with Gasteiger partial charge in [-0.3, -0.25) is 19.9 Å². The number of aromatic amines is 1. The molecule has 2 N–H and O–H groups in total. The van der Waals surface area contributed by atoms with Crippen LogP contribution in [0, 0.1) is 0 Å². The first-order chi connectivity index (χ1) is 13.9. The summed E-state index contributed by atoms with van der Waals surface area (Å²) in [5, 5.41) is 5.37. The number of hydrazone groups is 1. The number of pyridine rings is 1. The number of esters is 1. The van der Waals surface area contributed by atoms with E-state index in [0.717, 1.165) is 27.7 Å². The zero-order valence-electron chi connectivity index (χ0n) is 15.4. The molecule has 1 aliphatic heterocycles. The van der Waals surface area contributed by atoms with Crippen molar-refractivity contribution in [1.82, 2.24) is 9.88 Å². The van der Waals surface area contributed by atoms with Crippen molar-refractivity contribution in [2.75, 3.05) is 18.6 Å². The van der Waals surface area contributed by atoms with Gasteiger partial charge in [0.25, 0.3) is 11.5 Å². The van der Waals surface area contributed by atoms with Gasteiger partial charge in [-0.05, 0) is 36.9 Å². The summed E-state index contributed by atoms with van der Waals surface area (Å²) in [6.07, 6.45) is 2.70. The number of ether oxygens (including phenoxy) is 1. The third kappa shape index (κ3) is 4.77. The number of benzene rings is 1. The molecule has 8 nitrogen and oxygen atoms in total. The van der Waals surface area contributed by atoms with Gasteiger partial charge in [-0.2, -0.15) is 0 Å². The zero-order chi connectivity index (χ0) is 21.0. The molecule has 1 aromatic heterocycles.